The summed E-state index contributed by atoms with van der Waals surface area (Å²) in [7, 11) is -6.90. The van der Waals surface area contributed by atoms with Crippen LogP contribution in [0.15, 0.2) is 65.6 Å². The smallest absolute Gasteiger partial charge is 0.214 e. The zero-order valence-electron chi connectivity index (χ0n) is 16.8. The van der Waals surface area contributed by atoms with E-state index >= 15 is 0 Å². The van der Waals surface area contributed by atoms with E-state index in [1.165, 1.54) is 0 Å². The van der Waals surface area contributed by atoms with Gasteiger partial charge in [0.25, 0.3) is 0 Å². The lowest BCUT2D eigenvalue weighted by atomic mass is 10.1. The van der Waals surface area contributed by atoms with Gasteiger partial charge < -0.3 is 4.74 Å². The van der Waals surface area contributed by atoms with Crippen molar-refractivity contribution in [2.45, 2.75) is 54.3 Å². The van der Waals surface area contributed by atoms with Crippen LogP contribution in [0.25, 0.3) is 0 Å². The maximum absolute atomic E-state index is 13.0. The second kappa shape index (κ2) is 8.69. The number of sulfone groups is 1. The molecule has 2 saturated heterocycles. The summed E-state index contributed by atoms with van der Waals surface area (Å²) >= 11 is 0. The zero-order valence-corrected chi connectivity index (χ0v) is 18.4. The third-order valence-corrected chi connectivity index (χ3v) is 10.2. The molecule has 4 rings (SSSR count). The molecular weight excluding hydrogens is 422 g/mol. The van der Waals surface area contributed by atoms with Gasteiger partial charge in [-0.1, -0.05) is 36.4 Å². The van der Waals surface area contributed by atoms with Gasteiger partial charge in [0.1, 0.15) is 5.75 Å². The molecule has 6 nitrogen and oxygen atoms in total. The van der Waals surface area contributed by atoms with Crippen molar-refractivity contribution in [2.75, 3.05) is 12.4 Å². The van der Waals surface area contributed by atoms with Gasteiger partial charge in [-0.2, -0.15) is 4.31 Å². The first-order valence-electron chi connectivity index (χ1n) is 10.4. The van der Waals surface area contributed by atoms with Gasteiger partial charge in [-0.15, -0.1) is 0 Å². The average molecular weight is 450 g/mol. The minimum Gasteiger partial charge on any atom is -0.494 e. The SMILES string of the molecule is O=S(=O)(c1ccccc1)C1CC2CCC(C1)N2S(=O)(=O)CCCOc1ccccc1. The molecule has 0 N–H and O–H groups in total. The van der Waals surface area contributed by atoms with Crippen LogP contribution in [0.2, 0.25) is 0 Å². The van der Waals surface area contributed by atoms with E-state index in [0.717, 1.165) is 18.6 Å². The van der Waals surface area contributed by atoms with Crippen LogP contribution in [0.4, 0.5) is 0 Å². The van der Waals surface area contributed by atoms with Gasteiger partial charge in [0.05, 0.1) is 22.5 Å². The van der Waals surface area contributed by atoms with Gasteiger partial charge in [-0.3, -0.25) is 0 Å². The number of nitrogens with zero attached hydrogens (tertiary/aromatic N) is 1. The van der Waals surface area contributed by atoms with Crippen molar-refractivity contribution < 1.29 is 21.6 Å². The lowest BCUT2D eigenvalue weighted by molar-refractivity contribution is 0.247. The molecular formula is C22H27NO5S2. The molecule has 162 valence electrons. The molecule has 2 aliphatic heterocycles. The summed E-state index contributed by atoms with van der Waals surface area (Å²) in [6.07, 6.45) is 2.59. The van der Waals surface area contributed by atoms with E-state index in [-0.39, 0.29) is 17.8 Å². The second-order valence-electron chi connectivity index (χ2n) is 8.00. The Labute approximate surface area is 178 Å². The number of para-hydroxylation sites is 1. The first kappa shape index (κ1) is 21.3. The lowest BCUT2D eigenvalue weighted by Gasteiger charge is -2.37. The van der Waals surface area contributed by atoms with Gasteiger partial charge in [-0.25, -0.2) is 16.8 Å². The molecule has 0 aromatic heterocycles. The van der Waals surface area contributed by atoms with E-state index in [1.54, 1.807) is 34.6 Å². The fraction of sp³-hybridized carbons (Fsp3) is 0.455. The van der Waals surface area contributed by atoms with Gasteiger partial charge in [0.2, 0.25) is 10.0 Å². The molecule has 0 aliphatic carbocycles. The summed E-state index contributed by atoms with van der Waals surface area (Å²) in [5, 5.41) is -0.523. The lowest BCUT2D eigenvalue weighted by Crippen LogP contribution is -2.50. The number of sulfonamides is 1. The minimum atomic E-state index is -3.45. The number of benzene rings is 2. The van der Waals surface area contributed by atoms with Crippen LogP contribution in [-0.4, -0.2) is 50.8 Å². The van der Waals surface area contributed by atoms with Crippen LogP contribution in [0.1, 0.15) is 32.1 Å². The second-order valence-corrected chi connectivity index (χ2v) is 12.2. The van der Waals surface area contributed by atoms with Crippen LogP contribution in [0.3, 0.4) is 0 Å². The Kier molecular flexibility index (Phi) is 6.18. The molecule has 2 unspecified atom stereocenters. The topological polar surface area (TPSA) is 80.8 Å². The molecule has 2 heterocycles. The molecule has 0 radical (unpaired) electrons. The summed E-state index contributed by atoms with van der Waals surface area (Å²) in [5.41, 5.74) is 0. The highest BCUT2D eigenvalue weighted by atomic mass is 32.2. The minimum absolute atomic E-state index is 0.0168. The predicted octanol–water partition coefficient (Wildman–Crippen LogP) is 3.25. The van der Waals surface area contributed by atoms with Crippen molar-refractivity contribution in [3.63, 3.8) is 0 Å². The number of piperidine rings is 1. The summed E-state index contributed by atoms with van der Waals surface area (Å²) < 4.78 is 59.3. The Hall–Kier alpha value is -1.90. The van der Waals surface area contributed by atoms with Crippen LogP contribution >= 0.6 is 0 Å². The number of hydrogen-bond acceptors (Lipinski definition) is 5. The van der Waals surface area contributed by atoms with Crippen molar-refractivity contribution in [3.05, 3.63) is 60.7 Å². The number of hydrogen-bond donors (Lipinski definition) is 0. The van der Waals surface area contributed by atoms with Gasteiger partial charge >= 0.3 is 0 Å². The first-order chi connectivity index (χ1) is 14.4. The fourth-order valence-electron chi connectivity index (χ4n) is 4.65. The Morgan fingerprint density at radius 3 is 2.00 bits per heavy atom. The third kappa shape index (κ3) is 4.40. The monoisotopic (exact) mass is 449 g/mol. The van der Waals surface area contributed by atoms with E-state index in [4.69, 9.17) is 4.74 Å². The predicted molar refractivity (Wildman–Crippen MR) is 116 cm³/mol. The first-order valence-corrected chi connectivity index (χ1v) is 13.5. The Morgan fingerprint density at radius 1 is 0.833 bits per heavy atom. The van der Waals surface area contributed by atoms with Crippen LogP contribution in [0.5, 0.6) is 5.75 Å². The fourth-order valence-corrected chi connectivity index (χ4v) is 8.51. The van der Waals surface area contributed by atoms with E-state index in [1.807, 2.05) is 30.3 Å². The number of rotatable bonds is 8. The molecule has 30 heavy (non-hydrogen) atoms. The van der Waals surface area contributed by atoms with Crippen molar-refractivity contribution >= 4 is 19.9 Å². The molecule has 8 heteroatoms. The maximum Gasteiger partial charge on any atom is 0.214 e. The molecule has 0 saturated carbocycles. The van der Waals surface area contributed by atoms with Crippen molar-refractivity contribution in [2.24, 2.45) is 0 Å². The normalized spacial score (nSPS) is 24.6. The summed E-state index contributed by atoms with van der Waals surface area (Å²) in [5.74, 6) is 0.741. The molecule has 2 aromatic carbocycles. The molecule has 2 aromatic rings. The summed E-state index contributed by atoms with van der Waals surface area (Å²) in [6, 6.07) is 17.3. The van der Waals surface area contributed by atoms with Crippen molar-refractivity contribution in [3.8, 4) is 5.75 Å². The van der Waals surface area contributed by atoms with Crippen LogP contribution in [0, 0.1) is 0 Å². The summed E-state index contributed by atoms with van der Waals surface area (Å²) in [6.45, 7) is 0.331. The van der Waals surface area contributed by atoms with E-state index < -0.39 is 25.1 Å². The standard InChI is InChI=1S/C22H27NO5S2/c24-29(25,15-7-14-28-20-8-3-1-4-9-20)23-18-12-13-19(23)17-22(16-18)30(26,27)21-10-5-2-6-11-21/h1-6,8-11,18-19,22H,7,12-17H2. The molecule has 0 amide bonds. The van der Waals surface area contributed by atoms with Gasteiger partial charge in [0.15, 0.2) is 9.84 Å². The molecule has 2 aliphatic rings. The van der Waals surface area contributed by atoms with Crippen molar-refractivity contribution in [1.82, 2.24) is 4.31 Å². The molecule has 0 spiro atoms. The van der Waals surface area contributed by atoms with Crippen LogP contribution in [-0.2, 0) is 19.9 Å². The van der Waals surface area contributed by atoms with E-state index in [0.29, 0.717) is 30.8 Å². The van der Waals surface area contributed by atoms with E-state index in [2.05, 4.69) is 0 Å². The average Bonchev–Trinajstić information content (AvgIpc) is 3.04. The van der Waals surface area contributed by atoms with Gasteiger partial charge in [-0.05, 0) is 56.4 Å². The molecule has 2 atom stereocenters. The van der Waals surface area contributed by atoms with Crippen molar-refractivity contribution in [1.29, 1.82) is 0 Å². The largest absolute Gasteiger partial charge is 0.494 e. The quantitative estimate of drug-likeness (QED) is 0.578. The molecule has 2 fully saturated rings. The van der Waals surface area contributed by atoms with E-state index in [9.17, 15) is 16.8 Å². The maximum atomic E-state index is 13.0. The highest BCUT2D eigenvalue weighted by Gasteiger charge is 2.49. The molecule has 2 bridgehead atoms. The Morgan fingerprint density at radius 2 is 1.40 bits per heavy atom. The van der Waals surface area contributed by atoms with Gasteiger partial charge in [0, 0.05) is 12.1 Å². The van der Waals surface area contributed by atoms with Crippen LogP contribution < -0.4 is 4.74 Å². The highest BCUT2D eigenvalue weighted by Crippen LogP contribution is 2.41. The number of fused-ring (bicyclic) bond motifs is 2. The zero-order chi connectivity index (χ0) is 21.2. The Balaban J connectivity index is 1.38. The number of ether oxygens (including phenoxy) is 1. The Bertz CT molecular complexity index is 1040. The highest BCUT2D eigenvalue weighted by molar-refractivity contribution is 7.92. The summed E-state index contributed by atoms with van der Waals surface area (Å²) in [4.78, 5) is 0.323. The third-order valence-electron chi connectivity index (χ3n) is 6.01.